The summed E-state index contributed by atoms with van der Waals surface area (Å²) in [5, 5.41) is 0. The summed E-state index contributed by atoms with van der Waals surface area (Å²) in [6, 6.07) is 15.9. The standard InChI is InChI=1S/C23H29N3O3S/c1-24(20-7-3-2-4-8-20)30(28,29)22-11-9-19(10-12-22)23(27)26-17-13-21(14-18-26)25-15-5-6-16-25/h2-4,7-12,21H,5-6,13-18H2,1H3. The second-order valence-corrected chi connectivity index (χ2v) is 10.1. The normalized spacial score (nSPS) is 18.5. The average Bonchev–Trinajstić information content (AvgIpc) is 3.34. The predicted octanol–water partition coefficient (Wildman–Crippen LogP) is 3.21. The molecule has 2 heterocycles. The highest BCUT2D eigenvalue weighted by Gasteiger charge is 2.29. The van der Waals surface area contributed by atoms with Crippen molar-refractivity contribution < 1.29 is 13.2 Å². The van der Waals surface area contributed by atoms with Crippen LogP contribution in [0.4, 0.5) is 5.69 Å². The molecule has 1 amide bonds. The van der Waals surface area contributed by atoms with Crippen molar-refractivity contribution in [3.8, 4) is 0 Å². The van der Waals surface area contributed by atoms with E-state index >= 15 is 0 Å². The SMILES string of the molecule is CN(c1ccccc1)S(=O)(=O)c1ccc(C(=O)N2CCC(N3CCCC3)CC2)cc1. The first kappa shape index (κ1) is 20.9. The topological polar surface area (TPSA) is 60.9 Å². The highest BCUT2D eigenvalue weighted by molar-refractivity contribution is 7.92. The Morgan fingerprint density at radius 2 is 1.50 bits per heavy atom. The maximum Gasteiger partial charge on any atom is 0.264 e. The van der Waals surface area contributed by atoms with Gasteiger partial charge in [-0.3, -0.25) is 9.10 Å². The first-order valence-corrected chi connectivity index (χ1v) is 12.1. The third-order valence-corrected chi connectivity index (χ3v) is 8.09. The molecule has 160 valence electrons. The van der Waals surface area contributed by atoms with Gasteiger partial charge < -0.3 is 9.80 Å². The largest absolute Gasteiger partial charge is 0.339 e. The minimum atomic E-state index is -3.67. The van der Waals surface area contributed by atoms with E-state index in [0.29, 0.717) is 17.3 Å². The zero-order chi connectivity index (χ0) is 21.1. The van der Waals surface area contributed by atoms with Gasteiger partial charge in [0.05, 0.1) is 10.6 Å². The fraction of sp³-hybridized carbons (Fsp3) is 0.435. The van der Waals surface area contributed by atoms with E-state index in [1.165, 1.54) is 49.4 Å². The highest BCUT2D eigenvalue weighted by Crippen LogP contribution is 2.24. The Bertz CT molecular complexity index is 963. The lowest BCUT2D eigenvalue weighted by Crippen LogP contribution is -2.45. The average molecular weight is 428 g/mol. The second-order valence-electron chi connectivity index (χ2n) is 8.10. The van der Waals surface area contributed by atoms with E-state index in [9.17, 15) is 13.2 Å². The molecule has 0 atom stereocenters. The maximum atomic E-state index is 12.9. The molecule has 0 aromatic heterocycles. The van der Waals surface area contributed by atoms with Crippen molar-refractivity contribution in [1.82, 2.24) is 9.80 Å². The van der Waals surface area contributed by atoms with Crippen LogP contribution in [0.5, 0.6) is 0 Å². The van der Waals surface area contributed by atoms with Gasteiger partial charge in [-0.2, -0.15) is 0 Å². The van der Waals surface area contributed by atoms with Gasteiger partial charge in [0.2, 0.25) is 0 Å². The molecule has 2 aliphatic heterocycles. The summed E-state index contributed by atoms with van der Waals surface area (Å²) in [7, 11) is -2.14. The van der Waals surface area contributed by atoms with Gasteiger partial charge >= 0.3 is 0 Å². The van der Waals surface area contributed by atoms with Gasteiger partial charge in [-0.05, 0) is 75.2 Å². The van der Waals surface area contributed by atoms with Crippen LogP contribution in [-0.4, -0.2) is 63.4 Å². The van der Waals surface area contributed by atoms with Crippen molar-refractivity contribution in [2.45, 2.75) is 36.6 Å². The number of nitrogens with zero attached hydrogens (tertiary/aromatic N) is 3. The number of hydrogen-bond acceptors (Lipinski definition) is 4. The molecule has 2 aromatic rings. The van der Waals surface area contributed by atoms with Crippen molar-refractivity contribution in [2.75, 3.05) is 37.5 Å². The second kappa shape index (κ2) is 8.78. The fourth-order valence-electron chi connectivity index (χ4n) is 4.43. The molecule has 2 aromatic carbocycles. The molecule has 0 radical (unpaired) electrons. The number of likely N-dealkylation sites (tertiary alicyclic amines) is 2. The monoisotopic (exact) mass is 427 g/mol. The summed E-state index contributed by atoms with van der Waals surface area (Å²) < 4.78 is 27.1. The van der Waals surface area contributed by atoms with E-state index in [4.69, 9.17) is 0 Å². The Kier molecular flexibility index (Phi) is 6.11. The van der Waals surface area contributed by atoms with Crippen LogP contribution < -0.4 is 4.31 Å². The number of sulfonamides is 1. The van der Waals surface area contributed by atoms with Gasteiger partial charge in [-0.25, -0.2) is 8.42 Å². The number of rotatable bonds is 5. The molecular formula is C23H29N3O3S. The van der Waals surface area contributed by atoms with Gasteiger partial charge in [-0.1, -0.05) is 18.2 Å². The number of hydrogen-bond donors (Lipinski definition) is 0. The Hall–Kier alpha value is -2.38. The van der Waals surface area contributed by atoms with Gasteiger partial charge in [0.1, 0.15) is 0 Å². The van der Waals surface area contributed by atoms with E-state index in [1.54, 1.807) is 36.4 Å². The molecule has 30 heavy (non-hydrogen) atoms. The predicted molar refractivity (Wildman–Crippen MR) is 118 cm³/mol. The molecule has 0 N–H and O–H groups in total. The fourth-order valence-corrected chi connectivity index (χ4v) is 5.62. The van der Waals surface area contributed by atoms with E-state index in [-0.39, 0.29) is 10.8 Å². The van der Waals surface area contributed by atoms with Gasteiger partial charge in [-0.15, -0.1) is 0 Å². The number of amides is 1. The first-order valence-electron chi connectivity index (χ1n) is 10.6. The number of carbonyl (C=O) groups excluding carboxylic acids is 1. The van der Waals surface area contributed by atoms with Gasteiger partial charge in [0.15, 0.2) is 0 Å². The highest BCUT2D eigenvalue weighted by atomic mass is 32.2. The summed E-state index contributed by atoms with van der Waals surface area (Å²) in [5.41, 5.74) is 1.13. The summed E-state index contributed by atoms with van der Waals surface area (Å²) in [6.07, 6.45) is 4.60. The van der Waals surface area contributed by atoms with Crippen molar-refractivity contribution in [3.05, 3.63) is 60.2 Å². The minimum absolute atomic E-state index is 0.0183. The van der Waals surface area contributed by atoms with Crippen molar-refractivity contribution in [3.63, 3.8) is 0 Å². The lowest BCUT2D eigenvalue weighted by molar-refractivity contribution is 0.0644. The molecular weight excluding hydrogens is 398 g/mol. The molecule has 0 unspecified atom stereocenters. The molecule has 2 aliphatic rings. The smallest absolute Gasteiger partial charge is 0.264 e. The number of benzene rings is 2. The molecule has 6 nitrogen and oxygen atoms in total. The number of carbonyl (C=O) groups is 1. The lowest BCUT2D eigenvalue weighted by atomic mass is 10.0. The van der Waals surface area contributed by atoms with Crippen LogP contribution in [0.1, 0.15) is 36.0 Å². The summed E-state index contributed by atoms with van der Waals surface area (Å²) in [5.74, 6) is -0.0183. The molecule has 0 saturated carbocycles. The zero-order valence-electron chi connectivity index (χ0n) is 17.4. The summed E-state index contributed by atoms with van der Waals surface area (Å²) in [4.78, 5) is 17.5. The van der Waals surface area contributed by atoms with Crippen LogP contribution in [0.2, 0.25) is 0 Å². The number of para-hydroxylation sites is 1. The Morgan fingerprint density at radius 3 is 2.10 bits per heavy atom. The Morgan fingerprint density at radius 1 is 0.900 bits per heavy atom. The van der Waals surface area contributed by atoms with E-state index in [0.717, 1.165) is 25.9 Å². The van der Waals surface area contributed by atoms with Crippen molar-refractivity contribution in [2.24, 2.45) is 0 Å². The minimum Gasteiger partial charge on any atom is -0.339 e. The molecule has 0 aliphatic carbocycles. The first-order chi connectivity index (χ1) is 14.5. The van der Waals surface area contributed by atoms with E-state index in [2.05, 4.69) is 4.90 Å². The molecule has 0 spiro atoms. The molecule has 2 saturated heterocycles. The number of anilines is 1. The van der Waals surface area contributed by atoms with Crippen LogP contribution in [0.25, 0.3) is 0 Å². The molecule has 0 bridgehead atoms. The zero-order valence-corrected chi connectivity index (χ0v) is 18.2. The van der Waals surface area contributed by atoms with Gasteiger partial charge in [0.25, 0.3) is 15.9 Å². The van der Waals surface area contributed by atoms with Crippen molar-refractivity contribution >= 4 is 21.6 Å². The van der Waals surface area contributed by atoms with Crippen molar-refractivity contribution in [1.29, 1.82) is 0 Å². The van der Waals surface area contributed by atoms with Crippen LogP contribution in [-0.2, 0) is 10.0 Å². The molecule has 7 heteroatoms. The van der Waals surface area contributed by atoms with Crippen LogP contribution >= 0.6 is 0 Å². The van der Waals surface area contributed by atoms with Crippen LogP contribution in [0.3, 0.4) is 0 Å². The molecule has 2 fully saturated rings. The Balaban J connectivity index is 1.41. The van der Waals surface area contributed by atoms with E-state index < -0.39 is 10.0 Å². The maximum absolute atomic E-state index is 12.9. The third kappa shape index (κ3) is 4.23. The van der Waals surface area contributed by atoms with Crippen LogP contribution in [0.15, 0.2) is 59.5 Å². The quantitative estimate of drug-likeness (QED) is 0.735. The Labute approximate surface area is 179 Å². The molecule has 4 rings (SSSR count). The van der Waals surface area contributed by atoms with E-state index in [1.807, 2.05) is 11.0 Å². The summed E-state index contributed by atoms with van der Waals surface area (Å²) in [6.45, 7) is 3.89. The third-order valence-electron chi connectivity index (χ3n) is 6.29. The lowest BCUT2D eigenvalue weighted by Gasteiger charge is -2.36. The number of piperidine rings is 1. The van der Waals surface area contributed by atoms with Crippen LogP contribution in [0, 0.1) is 0 Å². The van der Waals surface area contributed by atoms with Gasteiger partial charge in [0, 0.05) is 31.7 Å². The summed E-state index contributed by atoms with van der Waals surface area (Å²) >= 11 is 0.